The van der Waals surface area contributed by atoms with Gasteiger partial charge in [-0.25, -0.2) is 4.79 Å². The summed E-state index contributed by atoms with van der Waals surface area (Å²) < 4.78 is 0. The van der Waals surface area contributed by atoms with Gasteiger partial charge in [-0.15, -0.1) is 0 Å². The maximum absolute atomic E-state index is 11.7. The van der Waals surface area contributed by atoms with E-state index >= 15 is 0 Å². The van der Waals surface area contributed by atoms with Crippen molar-refractivity contribution in [3.05, 3.63) is 12.2 Å². The van der Waals surface area contributed by atoms with E-state index in [2.05, 4.69) is 10.6 Å². The fraction of sp³-hybridized carbons (Fsp3) is 0.667. The zero-order valence-corrected chi connectivity index (χ0v) is 13.2. The third kappa shape index (κ3) is 8.83. The average molecular weight is 298 g/mol. The fourth-order valence-electron chi connectivity index (χ4n) is 1.48. The van der Waals surface area contributed by atoms with Crippen LogP contribution in [0.2, 0.25) is 0 Å². The molecular formula is C15H26N2O4. The molecule has 0 aromatic rings. The highest BCUT2D eigenvalue weighted by molar-refractivity contribution is 5.84. The Morgan fingerprint density at radius 2 is 1.86 bits per heavy atom. The normalized spacial score (nSPS) is 13.0. The summed E-state index contributed by atoms with van der Waals surface area (Å²) in [6, 6.07) is -0.905. The van der Waals surface area contributed by atoms with Crippen molar-refractivity contribution in [2.75, 3.05) is 6.54 Å². The molecule has 1 atom stereocenters. The number of carbonyl (C=O) groups excluding carboxylic acids is 2. The minimum Gasteiger partial charge on any atom is -0.480 e. The van der Waals surface area contributed by atoms with Crippen molar-refractivity contribution in [2.45, 2.75) is 53.0 Å². The Hall–Kier alpha value is -1.85. The second kappa shape index (κ2) is 9.15. The molecule has 3 N–H and O–H groups in total. The van der Waals surface area contributed by atoms with Crippen LogP contribution < -0.4 is 10.6 Å². The molecule has 0 aliphatic carbocycles. The highest BCUT2D eigenvalue weighted by atomic mass is 16.4. The molecule has 0 fully saturated rings. The van der Waals surface area contributed by atoms with Crippen LogP contribution in [0.5, 0.6) is 0 Å². The molecule has 2 amide bonds. The van der Waals surface area contributed by atoms with Crippen molar-refractivity contribution < 1.29 is 19.5 Å². The number of allylic oxidation sites excluding steroid dienone is 1. The quantitative estimate of drug-likeness (QED) is 0.467. The Bertz CT molecular complexity index is 397. The summed E-state index contributed by atoms with van der Waals surface area (Å²) in [7, 11) is 0. The van der Waals surface area contributed by atoms with E-state index in [-0.39, 0.29) is 24.7 Å². The Labute approximate surface area is 126 Å². The lowest BCUT2D eigenvalue weighted by Crippen LogP contribution is -2.41. The highest BCUT2D eigenvalue weighted by Crippen LogP contribution is 2.12. The van der Waals surface area contributed by atoms with Gasteiger partial charge in [-0.1, -0.05) is 32.9 Å². The molecule has 120 valence electrons. The van der Waals surface area contributed by atoms with Crippen LogP contribution in [0.4, 0.5) is 0 Å². The van der Waals surface area contributed by atoms with Gasteiger partial charge in [0.2, 0.25) is 11.8 Å². The summed E-state index contributed by atoms with van der Waals surface area (Å²) >= 11 is 0. The molecule has 21 heavy (non-hydrogen) atoms. The molecule has 1 unspecified atom stereocenters. The number of carbonyl (C=O) groups is 3. The third-order valence-electron chi connectivity index (χ3n) is 2.79. The van der Waals surface area contributed by atoms with Gasteiger partial charge in [0.25, 0.3) is 0 Å². The summed E-state index contributed by atoms with van der Waals surface area (Å²) in [5.74, 6) is -1.45. The number of carboxylic acid groups (broad SMARTS) is 1. The first-order valence-corrected chi connectivity index (χ1v) is 7.10. The standard InChI is InChI=1S/C15H26N2O4/c1-5-6-8-11(13(19)20)17-12(18)9-7-10-16-14(21)15(2,3)4/h5-6,11H,7-10H2,1-4H3,(H,16,21)(H,17,18)(H,19,20)/b6-5+. The van der Waals surface area contributed by atoms with Crippen molar-refractivity contribution >= 4 is 17.8 Å². The van der Waals surface area contributed by atoms with Crippen LogP contribution in [0.3, 0.4) is 0 Å². The van der Waals surface area contributed by atoms with E-state index in [1.54, 1.807) is 19.1 Å². The van der Waals surface area contributed by atoms with Gasteiger partial charge in [0.15, 0.2) is 0 Å². The van der Waals surface area contributed by atoms with Gasteiger partial charge >= 0.3 is 5.97 Å². The Morgan fingerprint density at radius 1 is 1.24 bits per heavy atom. The van der Waals surface area contributed by atoms with E-state index < -0.39 is 17.4 Å². The predicted octanol–water partition coefficient (Wildman–Crippen LogP) is 1.46. The van der Waals surface area contributed by atoms with Gasteiger partial charge in [0.05, 0.1) is 0 Å². The fourth-order valence-corrected chi connectivity index (χ4v) is 1.48. The highest BCUT2D eigenvalue weighted by Gasteiger charge is 2.21. The van der Waals surface area contributed by atoms with E-state index in [9.17, 15) is 14.4 Å². The molecule has 0 aliphatic rings. The summed E-state index contributed by atoms with van der Waals surface area (Å²) in [6.07, 6.45) is 4.36. The van der Waals surface area contributed by atoms with E-state index in [1.165, 1.54) is 0 Å². The van der Waals surface area contributed by atoms with Crippen LogP contribution in [-0.2, 0) is 14.4 Å². The van der Waals surface area contributed by atoms with E-state index in [4.69, 9.17) is 5.11 Å². The first kappa shape index (κ1) is 19.1. The second-order valence-electron chi connectivity index (χ2n) is 5.87. The van der Waals surface area contributed by atoms with Crippen molar-refractivity contribution in [3.8, 4) is 0 Å². The van der Waals surface area contributed by atoms with Gasteiger partial charge in [0.1, 0.15) is 6.04 Å². The summed E-state index contributed by atoms with van der Waals surface area (Å²) in [5.41, 5.74) is -0.455. The number of hydrogen-bond acceptors (Lipinski definition) is 3. The minimum absolute atomic E-state index is 0.0700. The SMILES string of the molecule is C/C=C/CC(NC(=O)CCCNC(=O)C(C)(C)C)C(=O)O. The van der Waals surface area contributed by atoms with Crippen molar-refractivity contribution in [1.29, 1.82) is 0 Å². The number of nitrogens with one attached hydrogen (secondary N) is 2. The van der Waals surface area contributed by atoms with Crippen molar-refractivity contribution in [3.63, 3.8) is 0 Å². The Morgan fingerprint density at radius 3 is 2.33 bits per heavy atom. The van der Waals surface area contributed by atoms with Gasteiger partial charge in [0, 0.05) is 18.4 Å². The minimum atomic E-state index is -1.05. The summed E-state index contributed by atoms with van der Waals surface area (Å²) in [6.45, 7) is 7.63. The molecule has 0 saturated carbocycles. The maximum Gasteiger partial charge on any atom is 0.326 e. The van der Waals surface area contributed by atoms with Crippen LogP contribution in [0.25, 0.3) is 0 Å². The van der Waals surface area contributed by atoms with Crippen molar-refractivity contribution in [1.82, 2.24) is 10.6 Å². The summed E-state index contributed by atoms with van der Waals surface area (Å²) in [5, 5.41) is 14.2. The molecule has 6 heteroatoms. The second-order valence-corrected chi connectivity index (χ2v) is 5.87. The lowest BCUT2D eigenvalue weighted by molar-refractivity contribution is -0.141. The van der Waals surface area contributed by atoms with Crippen LogP contribution in [0.1, 0.15) is 47.0 Å². The molecule has 6 nitrogen and oxygen atoms in total. The zero-order valence-electron chi connectivity index (χ0n) is 13.2. The first-order chi connectivity index (χ1) is 9.68. The van der Waals surface area contributed by atoms with Crippen LogP contribution >= 0.6 is 0 Å². The van der Waals surface area contributed by atoms with Crippen LogP contribution in [0.15, 0.2) is 12.2 Å². The number of amides is 2. The van der Waals surface area contributed by atoms with Crippen LogP contribution in [-0.4, -0.2) is 35.5 Å². The van der Waals surface area contributed by atoms with E-state index in [0.29, 0.717) is 13.0 Å². The van der Waals surface area contributed by atoms with E-state index in [1.807, 2.05) is 20.8 Å². The Balaban J connectivity index is 4.04. The van der Waals surface area contributed by atoms with Gasteiger partial charge < -0.3 is 15.7 Å². The molecule has 0 aromatic carbocycles. The van der Waals surface area contributed by atoms with Crippen LogP contribution in [0, 0.1) is 5.41 Å². The zero-order chi connectivity index (χ0) is 16.5. The topological polar surface area (TPSA) is 95.5 Å². The Kier molecular flexibility index (Phi) is 8.35. The molecule has 0 radical (unpaired) electrons. The summed E-state index contributed by atoms with van der Waals surface area (Å²) in [4.78, 5) is 34.2. The lowest BCUT2D eigenvalue weighted by Gasteiger charge is -2.17. The molecule has 0 spiro atoms. The smallest absolute Gasteiger partial charge is 0.326 e. The molecule has 0 aliphatic heterocycles. The van der Waals surface area contributed by atoms with Gasteiger partial charge in [-0.3, -0.25) is 9.59 Å². The molecule has 0 rings (SSSR count). The predicted molar refractivity (Wildman–Crippen MR) is 80.7 cm³/mol. The average Bonchev–Trinajstić information content (AvgIpc) is 2.37. The van der Waals surface area contributed by atoms with Gasteiger partial charge in [-0.2, -0.15) is 0 Å². The maximum atomic E-state index is 11.7. The lowest BCUT2D eigenvalue weighted by atomic mass is 9.96. The molecule has 0 bridgehead atoms. The molecule has 0 saturated heterocycles. The monoisotopic (exact) mass is 298 g/mol. The molecular weight excluding hydrogens is 272 g/mol. The number of aliphatic carboxylic acids is 1. The first-order valence-electron chi connectivity index (χ1n) is 7.10. The molecule has 0 heterocycles. The largest absolute Gasteiger partial charge is 0.480 e. The van der Waals surface area contributed by atoms with E-state index in [0.717, 1.165) is 0 Å². The number of carboxylic acids is 1. The third-order valence-corrected chi connectivity index (χ3v) is 2.79. The molecule has 0 aromatic heterocycles. The number of hydrogen-bond donors (Lipinski definition) is 3. The number of rotatable bonds is 8. The van der Waals surface area contributed by atoms with Crippen molar-refractivity contribution in [2.24, 2.45) is 5.41 Å². The van der Waals surface area contributed by atoms with Gasteiger partial charge in [-0.05, 0) is 19.8 Å².